The van der Waals surface area contributed by atoms with Crippen molar-refractivity contribution in [2.45, 2.75) is 19.9 Å². The molecule has 0 saturated carbocycles. The van der Waals surface area contributed by atoms with Crippen molar-refractivity contribution in [3.05, 3.63) is 76.3 Å². The van der Waals surface area contributed by atoms with Crippen LogP contribution in [-0.2, 0) is 17.8 Å². The second-order valence-corrected chi connectivity index (χ2v) is 7.89. The molecule has 2 amide bonds. The number of esters is 1. The lowest BCUT2D eigenvalue weighted by atomic mass is 10.1. The van der Waals surface area contributed by atoms with Gasteiger partial charge in [-0.2, -0.15) is 0 Å². The number of fused-ring (bicyclic) bond motifs is 1. The van der Waals surface area contributed by atoms with Crippen molar-refractivity contribution in [2.75, 3.05) is 11.9 Å². The number of carbonyl (C=O) groups excluding carboxylic acids is 3. The third kappa shape index (κ3) is 4.38. The molecule has 152 valence electrons. The second kappa shape index (κ2) is 8.46. The SMILES string of the molecule is CC(=O)Oc1cccc(C(=O)Nc2nc3c(s2)CN(C(=O)c2ccccc2)CC3)c1. The molecule has 0 spiro atoms. The number of thiazole rings is 1. The molecule has 1 aliphatic rings. The fourth-order valence-corrected chi connectivity index (χ4v) is 4.24. The number of nitrogens with zero attached hydrogens (tertiary/aromatic N) is 2. The zero-order valence-corrected chi connectivity index (χ0v) is 17.1. The molecule has 0 bridgehead atoms. The number of amides is 2. The lowest BCUT2D eigenvalue weighted by Crippen LogP contribution is -2.35. The molecule has 7 nitrogen and oxygen atoms in total. The van der Waals surface area contributed by atoms with E-state index < -0.39 is 5.97 Å². The molecule has 30 heavy (non-hydrogen) atoms. The van der Waals surface area contributed by atoms with Crippen LogP contribution in [0.5, 0.6) is 5.75 Å². The van der Waals surface area contributed by atoms with Gasteiger partial charge in [-0.15, -0.1) is 0 Å². The highest BCUT2D eigenvalue weighted by Gasteiger charge is 2.25. The van der Waals surface area contributed by atoms with E-state index in [4.69, 9.17) is 4.74 Å². The summed E-state index contributed by atoms with van der Waals surface area (Å²) >= 11 is 1.37. The van der Waals surface area contributed by atoms with Crippen LogP contribution in [0.1, 0.15) is 38.2 Å². The largest absolute Gasteiger partial charge is 0.427 e. The molecule has 0 aliphatic carbocycles. The summed E-state index contributed by atoms with van der Waals surface area (Å²) in [5.41, 5.74) is 1.93. The van der Waals surface area contributed by atoms with Gasteiger partial charge >= 0.3 is 5.97 Å². The molecule has 1 aromatic heterocycles. The van der Waals surface area contributed by atoms with Crippen LogP contribution in [0.25, 0.3) is 0 Å². The fourth-order valence-electron chi connectivity index (χ4n) is 3.22. The van der Waals surface area contributed by atoms with E-state index in [1.165, 1.54) is 24.3 Å². The number of anilines is 1. The van der Waals surface area contributed by atoms with Gasteiger partial charge in [-0.1, -0.05) is 35.6 Å². The van der Waals surface area contributed by atoms with Gasteiger partial charge in [0.15, 0.2) is 5.13 Å². The van der Waals surface area contributed by atoms with Crippen molar-refractivity contribution in [3.63, 3.8) is 0 Å². The van der Waals surface area contributed by atoms with Crippen LogP contribution in [0.3, 0.4) is 0 Å². The minimum absolute atomic E-state index is 0.0116. The van der Waals surface area contributed by atoms with Crippen molar-refractivity contribution >= 4 is 34.3 Å². The van der Waals surface area contributed by atoms with Crippen molar-refractivity contribution in [1.82, 2.24) is 9.88 Å². The summed E-state index contributed by atoms with van der Waals surface area (Å²) in [6, 6.07) is 15.6. The molecular formula is C22H19N3O4S. The number of ether oxygens (including phenoxy) is 1. The Hall–Kier alpha value is -3.52. The molecule has 2 heterocycles. The van der Waals surface area contributed by atoms with Gasteiger partial charge in [0.2, 0.25) is 0 Å². The smallest absolute Gasteiger partial charge is 0.308 e. The first-order valence-electron chi connectivity index (χ1n) is 9.42. The first-order chi connectivity index (χ1) is 14.5. The van der Waals surface area contributed by atoms with Crippen LogP contribution < -0.4 is 10.1 Å². The number of hydrogen-bond donors (Lipinski definition) is 1. The zero-order valence-electron chi connectivity index (χ0n) is 16.3. The Morgan fingerprint density at radius 1 is 1.07 bits per heavy atom. The van der Waals surface area contributed by atoms with E-state index in [0.29, 0.717) is 41.5 Å². The van der Waals surface area contributed by atoms with Gasteiger partial charge in [0.05, 0.1) is 12.2 Å². The Morgan fingerprint density at radius 2 is 1.83 bits per heavy atom. The Labute approximate surface area is 177 Å². The maximum atomic E-state index is 12.7. The molecule has 0 atom stereocenters. The number of nitrogens with one attached hydrogen (secondary N) is 1. The molecule has 3 aromatic rings. The van der Waals surface area contributed by atoms with E-state index >= 15 is 0 Å². The van der Waals surface area contributed by atoms with Crippen LogP contribution in [0.4, 0.5) is 5.13 Å². The maximum absolute atomic E-state index is 12.7. The highest BCUT2D eigenvalue weighted by atomic mass is 32.1. The quantitative estimate of drug-likeness (QED) is 0.514. The number of carbonyl (C=O) groups is 3. The monoisotopic (exact) mass is 421 g/mol. The van der Waals surface area contributed by atoms with Crippen LogP contribution in [0, 0.1) is 0 Å². The molecule has 0 radical (unpaired) electrons. The van der Waals surface area contributed by atoms with Crippen molar-refractivity contribution < 1.29 is 19.1 Å². The van der Waals surface area contributed by atoms with E-state index in [-0.39, 0.29) is 11.8 Å². The van der Waals surface area contributed by atoms with Gasteiger partial charge in [-0.25, -0.2) is 4.98 Å². The number of benzene rings is 2. The lowest BCUT2D eigenvalue weighted by molar-refractivity contribution is -0.131. The molecule has 8 heteroatoms. The van der Waals surface area contributed by atoms with Crippen molar-refractivity contribution in [1.29, 1.82) is 0 Å². The average molecular weight is 421 g/mol. The predicted molar refractivity (Wildman–Crippen MR) is 113 cm³/mol. The summed E-state index contributed by atoms with van der Waals surface area (Å²) in [6.45, 7) is 2.36. The van der Waals surface area contributed by atoms with Crippen molar-refractivity contribution in [2.24, 2.45) is 0 Å². The van der Waals surface area contributed by atoms with Gasteiger partial charge < -0.3 is 9.64 Å². The van der Waals surface area contributed by atoms with E-state index in [1.54, 1.807) is 35.2 Å². The van der Waals surface area contributed by atoms with E-state index in [9.17, 15) is 14.4 Å². The summed E-state index contributed by atoms with van der Waals surface area (Å²) in [7, 11) is 0. The number of hydrogen-bond acceptors (Lipinski definition) is 6. The van der Waals surface area contributed by atoms with Crippen molar-refractivity contribution in [3.8, 4) is 5.75 Å². The van der Waals surface area contributed by atoms with Crippen LogP contribution >= 0.6 is 11.3 Å². The molecule has 1 N–H and O–H groups in total. The Kier molecular flexibility index (Phi) is 5.58. The average Bonchev–Trinajstić information content (AvgIpc) is 3.15. The number of rotatable bonds is 4. The van der Waals surface area contributed by atoms with Gasteiger partial charge in [0, 0.05) is 35.9 Å². The van der Waals surface area contributed by atoms with E-state index in [1.807, 2.05) is 18.2 Å². The Balaban J connectivity index is 1.45. The first-order valence-corrected chi connectivity index (χ1v) is 10.2. The van der Waals surface area contributed by atoms with E-state index in [2.05, 4.69) is 10.3 Å². The third-order valence-corrected chi connectivity index (χ3v) is 5.62. The highest BCUT2D eigenvalue weighted by Crippen LogP contribution is 2.29. The Bertz CT molecular complexity index is 1110. The van der Waals surface area contributed by atoms with Gasteiger partial charge in [-0.05, 0) is 30.3 Å². The van der Waals surface area contributed by atoms with Crippen LogP contribution in [0.2, 0.25) is 0 Å². The predicted octanol–water partition coefficient (Wildman–Crippen LogP) is 3.52. The van der Waals surface area contributed by atoms with Gasteiger partial charge in [-0.3, -0.25) is 19.7 Å². The van der Waals surface area contributed by atoms with Gasteiger partial charge in [0.25, 0.3) is 11.8 Å². The topological polar surface area (TPSA) is 88.6 Å². The van der Waals surface area contributed by atoms with Crippen LogP contribution in [-0.4, -0.2) is 34.2 Å². The molecule has 0 unspecified atom stereocenters. The molecule has 0 fully saturated rings. The summed E-state index contributed by atoms with van der Waals surface area (Å²) in [5.74, 6) is -0.492. The van der Waals surface area contributed by atoms with E-state index in [0.717, 1.165) is 10.6 Å². The molecule has 4 rings (SSSR count). The number of aromatic nitrogens is 1. The Morgan fingerprint density at radius 3 is 2.60 bits per heavy atom. The summed E-state index contributed by atoms with van der Waals surface area (Å²) in [5, 5.41) is 3.28. The standard InChI is InChI=1S/C22H19N3O4S/c1-14(26)29-17-9-5-8-16(12-17)20(27)24-22-23-18-10-11-25(13-19(18)30-22)21(28)15-6-3-2-4-7-15/h2-9,12H,10-11,13H2,1H3,(H,23,24,27). The summed E-state index contributed by atoms with van der Waals surface area (Å²) in [6.07, 6.45) is 0.641. The maximum Gasteiger partial charge on any atom is 0.308 e. The van der Waals surface area contributed by atoms with Gasteiger partial charge in [0.1, 0.15) is 5.75 Å². The summed E-state index contributed by atoms with van der Waals surface area (Å²) in [4.78, 5) is 43.6. The first kappa shape index (κ1) is 19.8. The molecule has 1 aliphatic heterocycles. The third-order valence-electron chi connectivity index (χ3n) is 4.62. The molecule has 0 saturated heterocycles. The minimum Gasteiger partial charge on any atom is -0.427 e. The van der Waals surface area contributed by atoms with Crippen LogP contribution in [0.15, 0.2) is 54.6 Å². The zero-order chi connectivity index (χ0) is 21.1. The molecular weight excluding hydrogens is 402 g/mol. The minimum atomic E-state index is -0.449. The fraction of sp³-hybridized carbons (Fsp3) is 0.182. The molecule has 2 aromatic carbocycles. The second-order valence-electron chi connectivity index (χ2n) is 6.81. The normalized spacial score (nSPS) is 12.8. The lowest BCUT2D eigenvalue weighted by Gasteiger charge is -2.26. The summed E-state index contributed by atoms with van der Waals surface area (Å²) < 4.78 is 5.02. The highest BCUT2D eigenvalue weighted by molar-refractivity contribution is 7.15.